The molecule has 0 bridgehead atoms. The number of pyridine rings is 1. The lowest BCUT2D eigenvalue weighted by Gasteiger charge is -2.06. The minimum atomic E-state index is -2.75. The van der Waals surface area contributed by atoms with Gasteiger partial charge in [0.05, 0.1) is 11.3 Å². The highest BCUT2D eigenvalue weighted by Gasteiger charge is 2.17. The van der Waals surface area contributed by atoms with Gasteiger partial charge in [0.15, 0.2) is 6.29 Å². The zero-order valence-electron chi connectivity index (χ0n) is 6.30. The van der Waals surface area contributed by atoms with Crippen LogP contribution in [0, 0.1) is 0 Å². The number of carbonyl (C=O) groups excluding carboxylic acids is 1. The molecule has 0 aliphatic heterocycles. The summed E-state index contributed by atoms with van der Waals surface area (Å²) < 4.78 is 24.7. The van der Waals surface area contributed by atoms with E-state index in [4.69, 9.17) is 5.73 Å². The molecule has 0 radical (unpaired) electrons. The molecule has 0 atom stereocenters. The van der Waals surface area contributed by atoms with Gasteiger partial charge in [-0.25, -0.2) is 13.8 Å². The summed E-state index contributed by atoms with van der Waals surface area (Å²) in [6.45, 7) is 0. The maximum Gasteiger partial charge on any atom is 0.266 e. The summed E-state index contributed by atoms with van der Waals surface area (Å²) in [5.74, 6) is 0. The highest BCUT2D eigenvalue weighted by atomic mass is 79.9. The van der Waals surface area contributed by atoms with Crippen LogP contribution < -0.4 is 5.73 Å². The Balaban J connectivity index is 3.38. The summed E-state index contributed by atoms with van der Waals surface area (Å²) in [5.41, 5.74) is 4.64. The molecule has 1 heterocycles. The summed E-state index contributed by atoms with van der Waals surface area (Å²) in [6.07, 6.45) is -1.53. The molecule has 0 unspecified atom stereocenters. The van der Waals surface area contributed by atoms with Crippen LogP contribution in [0.4, 0.5) is 14.5 Å². The van der Waals surface area contributed by atoms with E-state index >= 15 is 0 Å². The Hall–Kier alpha value is -1.04. The molecule has 70 valence electrons. The Morgan fingerprint density at radius 2 is 2.23 bits per heavy atom. The number of aromatic nitrogens is 1. The van der Waals surface area contributed by atoms with Crippen molar-refractivity contribution in [1.82, 2.24) is 4.98 Å². The second-order valence-corrected chi connectivity index (χ2v) is 3.00. The van der Waals surface area contributed by atoms with Crippen molar-refractivity contribution < 1.29 is 13.6 Å². The number of hydrogen-bond donors (Lipinski definition) is 1. The molecule has 0 amide bonds. The van der Waals surface area contributed by atoms with E-state index in [1.807, 2.05) is 0 Å². The molecular weight excluding hydrogens is 246 g/mol. The monoisotopic (exact) mass is 250 g/mol. The zero-order valence-corrected chi connectivity index (χ0v) is 7.88. The highest BCUT2D eigenvalue weighted by Crippen LogP contribution is 2.28. The maximum absolute atomic E-state index is 12.3. The smallest absolute Gasteiger partial charge is 0.266 e. The summed E-state index contributed by atoms with van der Waals surface area (Å²) >= 11 is 2.93. The van der Waals surface area contributed by atoms with Crippen molar-refractivity contribution in [3.05, 3.63) is 21.9 Å². The van der Waals surface area contributed by atoms with E-state index in [1.165, 1.54) is 0 Å². The number of alkyl halides is 2. The van der Waals surface area contributed by atoms with Gasteiger partial charge in [0.2, 0.25) is 0 Å². The first kappa shape index (κ1) is 10.0. The number of aldehydes is 1. The zero-order chi connectivity index (χ0) is 10.0. The Labute approximate surface area is 81.1 Å². The summed E-state index contributed by atoms with van der Waals surface area (Å²) in [7, 11) is 0. The highest BCUT2D eigenvalue weighted by molar-refractivity contribution is 9.10. The quantitative estimate of drug-likeness (QED) is 0.647. The second-order valence-electron chi connectivity index (χ2n) is 2.25. The Bertz CT molecular complexity index is 344. The second kappa shape index (κ2) is 3.78. The van der Waals surface area contributed by atoms with Crippen molar-refractivity contribution in [3.63, 3.8) is 0 Å². The summed E-state index contributed by atoms with van der Waals surface area (Å²) in [4.78, 5) is 14.0. The van der Waals surface area contributed by atoms with Gasteiger partial charge in [0.25, 0.3) is 6.43 Å². The molecule has 0 fully saturated rings. The number of nitrogens with two attached hydrogens (primary N) is 1. The first-order valence-corrected chi connectivity index (χ1v) is 4.04. The van der Waals surface area contributed by atoms with Gasteiger partial charge in [-0.1, -0.05) is 0 Å². The van der Waals surface area contributed by atoms with Crippen LogP contribution in [-0.2, 0) is 0 Å². The molecule has 1 aromatic heterocycles. The van der Waals surface area contributed by atoms with Gasteiger partial charge < -0.3 is 5.73 Å². The van der Waals surface area contributed by atoms with E-state index in [0.29, 0.717) is 6.29 Å². The molecule has 6 heteroatoms. The lowest BCUT2D eigenvalue weighted by atomic mass is 10.1. The topological polar surface area (TPSA) is 56.0 Å². The Kier molecular flexibility index (Phi) is 2.92. The number of anilines is 1. The van der Waals surface area contributed by atoms with Crippen LogP contribution in [0.2, 0.25) is 0 Å². The van der Waals surface area contributed by atoms with E-state index in [-0.39, 0.29) is 15.9 Å². The molecule has 13 heavy (non-hydrogen) atoms. The predicted molar refractivity (Wildman–Crippen MR) is 46.7 cm³/mol. The number of rotatable bonds is 2. The van der Waals surface area contributed by atoms with Gasteiger partial charge in [-0.15, -0.1) is 0 Å². The molecule has 3 nitrogen and oxygen atoms in total. The molecule has 2 N–H and O–H groups in total. The van der Waals surface area contributed by atoms with Crippen LogP contribution in [0.15, 0.2) is 10.8 Å². The molecule has 0 aliphatic rings. The third-order valence-corrected chi connectivity index (χ3v) is 2.13. The van der Waals surface area contributed by atoms with Crippen LogP contribution in [0.1, 0.15) is 22.3 Å². The van der Waals surface area contributed by atoms with E-state index in [9.17, 15) is 13.6 Å². The van der Waals surface area contributed by atoms with Gasteiger partial charge in [0.1, 0.15) is 4.60 Å². The van der Waals surface area contributed by atoms with Gasteiger partial charge in [-0.2, -0.15) is 0 Å². The van der Waals surface area contributed by atoms with Crippen molar-refractivity contribution in [1.29, 1.82) is 0 Å². The van der Waals surface area contributed by atoms with E-state index in [1.54, 1.807) is 0 Å². The normalized spacial score (nSPS) is 10.5. The van der Waals surface area contributed by atoms with Gasteiger partial charge in [-0.3, -0.25) is 4.79 Å². The molecule has 1 aromatic rings. The van der Waals surface area contributed by atoms with Crippen LogP contribution >= 0.6 is 15.9 Å². The fourth-order valence-corrected chi connectivity index (χ4v) is 1.15. The van der Waals surface area contributed by atoms with E-state index in [0.717, 1.165) is 6.20 Å². The van der Waals surface area contributed by atoms with Crippen LogP contribution in [-0.4, -0.2) is 11.3 Å². The predicted octanol–water partition coefficient (Wildman–Crippen LogP) is 2.18. The van der Waals surface area contributed by atoms with Crippen LogP contribution in [0.5, 0.6) is 0 Å². The van der Waals surface area contributed by atoms with Gasteiger partial charge >= 0.3 is 0 Å². The lowest BCUT2D eigenvalue weighted by Crippen LogP contribution is -2.02. The van der Waals surface area contributed by atoms with Crippen molar-refractivity contribution in [2.75, 3.05) is 5.73 Å². The largest absolute Gasteiger partial charge is 0.396 e. The molecule has 0 saturated heterocycles. The van der Waals surface area contributed by atoms with Crippen molar-refractivity contribution >= 4 is 27.9 Å². The number of carbonyl (C=O) groups is 1. The molecule has 0 aliphatic carbocycles. The number of nitrogens with zero attached hydrogens (tertiary/aromatic N) is 1. The van der Waals surface area contributed by atoms with Crippen LogP contribution in [0.3, 0.4) is 0 Å². The molecule has 1 rings (SSSR count). The van der Waals surface area contributed by atoms with E-state index < -0.39 is 12.0 Å². The standard InChI is InChI=1S/C7H5BrF2N2O/c8-6-5(11)4(2-13)3(1-12-6)7(9)10/h1-2,7H,11H2. The van der Waals surface area contributed by atoms with Crippen molar-refractivity contribution in [3.8, 4) is 0 Å². The average molecular weight is 251 g/mol. The van der Waals surface area contributed by atoms with Crippen LogP contribution in [0.25, 0.3) is 0 Å². The summed E-state index contributed by atoms with van der Waals surface area (Å²) in [5, 5.41) is 0. The number of nitrogen functional groups attached to an aromatic ring is 1. The molecule has 0 aromatic carbocycles. The van der Waals surface area contributed by atoms with Gasteiger partial charge in [0, 0.05) is 11.8 Å². The molecule has 0 spiro atoms. The third-order valence-electron chi connectivity index (χ3n) is 1.49. The Morgan fingerprint density at radius 3 is 2.69 bits per heavy atom. The third kappa shape index (κ3) is 1.82. The molecule has 0 saturated carbocycles. The average Bonchev–Trinajstić information content (AvgIpc) is 2.09. The first-order valence-electron chi connectivity index (χ1n) is 3.25. The number of halogens is 3. The fraction of sp³-hybridized carbons (Fsp3) is 0.143. The summed E-state index contributed by atoms with van der Waals surface area (Å²) in [6, 6.07) is 0. The minimum Gasteiger partial charge on any atom is -0.396 e. The lowest BCUT2D eigenvalue weighted by molar-refractivity contribution is 0.110. The fourth-order valence-electron chi connectivity index (χ4n) is 0.837. The molecular formula is C7H5BrF2N2O. The van der Waals surface area contributed by atoms with Crippen molar-refractivity contribution in [2.24, 2.45) is 0 Å². The maximum atomic E-state index is 12.3. The van der Waals surface area contributed by atoms with E-state index in [2.05, 4.69) is 20.9 Å². The van der Waals surface area contributed by atoms with Crippen molar-refractivity contribution in [2.45, 2.75) is 6.43 Å². The first-order chi connectivity index (χ1) is 6.07. The number of hydrogen-bond acceptors (Lipinski definition) is 3. The van der Waals surface area contributed by atoms with Gasteiger partial charge in [-0.05, 0) is 15.9 Å². The minimum absolute atomic E-state index is 0.0622. The Morgan fingerprint density at radius 1 is 1.62 bits per heavy atom. The SMILES string of the molecule is Nc1c(Br)ncc(C(F)F)c1C=O.